The lowest BCUT2D eigenvalue weighted by molar-refractivity contribution is -0.118. The van der Waals surface area contributed by atoms with Crippen molar-refractivity contribution in [3.63, 3.8) is 0 Å². The van der Waals surface area contributed by atoms with E-state index in [1.165, 1.54) is 38.5 Å². The molecule has 5 N–H and O–H groups in total. The number of aliphatic hydroxyl groups is 1. The Kier molecular flexibility index (Phi) is 5.31. The van der Waals surface area contributed by atoms with Crippen LogP contribution in [0.5, 0.6) is 34.5 Å². The molecule has 0 aliphatic heterocycles. The summed E-state index contributed by atoms with van der Waals surface area (Å²) in [5.74, 6) is -2.63. The predicted molar refractivity (Wildman–Crippen MR) is 137 cm³/mol. The number of carbonyl (C=O) groups is 1. The van der Waals surface area contributed by atoms with Crippen molar-refractivity contribution in [3.8, 4) is 34.5 Å². The van der Waals surface area contributed by atoms with Gasteiger partial charge in [0.15, 0.2) is 28.8 Å². The van der Waals surface area contributed by atoms with Crippen LogP contribution in [0.4, 0.5) is 0 Å². The van der Waals surface area contributed by atoms with Crippen LogP contribution in [0.25, 0.3) is 0 Å². The van der Waals surface area contributed by atoms with Crippen molar-refractivity contribution in [2.45, 2.75) is 23.7 Å². The van der Waals surface area contributed by atoms with Gasteiger partial charge in [0.1, 0.15) is 17.3 Å². The van der Waals surface area contributed by atoms with E-state index in [9.17, 15) is 30.3 Å². The first-order valence-corrected chi connectivity index (χ1v) is 12.2. The van der Waals surface area contributed by atoms with Crippen molar-refractivity contribution in [2.24, 2.45) is 5.92 Å². The summed E-state index contributed by atoms with van der Waals surface area (Å²) < 4.78 is 10.8. The number of ketones is 1. The molecule has 2 bridgehead atoms. The van der Waals surface area contributed by atoms with Crippen LogP contribution in [0.3, 0.4) is 0 Å². The molecule has 3 aliphatic carbocycles. The van der Waals surface area contributed by atoms with E-state index < -0.39 is 23.7 Å². The predicted octanol–water partition coefficient (Wildman–Crippen LogP) is 4.86. The van der Waals surface area contributed by atoms with Gasteiger partial charge in [-0.3, -0.25) is 4.79 Å². The van der Waals surface area contributed by atoms with E-state index in [-0.39, 0.29) is 52.0 Å². The molecule has 5 unspecified atom stereocenters. The molecule has 0 amide bonds. The highest BCUT2D eigenvalue weighted by Crippen LogP contribution is 2.70. The number of carbonyl (C=O) groups excluding carboxylic acids is 1. The summed E-state index contributed by atoms with van der Waals surface area (Å²) in [6.07, 6.45) is 2.80. The third kappa shape index (κ3) is 3.33. The van der Waals surface area contributed by atoms with E-state index >= 15 is 0 Å². The lowest BCUT2D eigenvalue weighted by Crippen LogP contribution is -2.37. The van der Waals surface area contributed by atoms with Crippen LogP contribution in [0.15, 0.2) is 72.0 Å². The van der Waals surface area contributed by atoms with Crippen molar-refractivity contribution in [1.29, 1.82) is 0 Å². The minimum absolute atomic E-state index is 0.0252. The normalized spacial score (nSPS) is 25.2. The van der Waals surface area contributed by atoms with Crippen molar-refractivity contribution < 1.29 is 39.8 Å². The van der Waals surface area contributed by atoms with Gasteiger partial charge in [-0.1, -0.05) is 12.1 Å². The van der Waals surface area contributed by atoms with Gasteiger partial charge in [-0.2, -0.15) is 0 Å². The van der Waals surface area contributed by atoms with Crippen LogP contribution in [0, 0.1) is 5.92 Å². The van der Waals surface area contributed by atoms with E-state index in [2.05, 4.69) is 0 Å². The Morgan fingerprint density at radius 3 is 1.82 bits per heavy atom. The third-order valence-corrected chi connectivity index (χ3v) is 8.14. The standard InChI is InChI=1S/C30H26O8/c1-37-23-7-13(3-5-19(23)33)25-27-17(9-15(31)11-21(27)35)30-26(14-4-6-20(34)24(8-14)38-2)29(25)18-10-16(32)12-22(36)28(18)30/h3-12,25-27,29-34,36H,1-2H3. The topological polar surface area (TPSA) is 137 Å². The smallest absolute Gasteiger partial charge is 0.167 e. The van der Waals surface area contributed by atoms with Gasteiger partial charge in [0.25, 0.3) is 0 Å². The Morgan fingerprint density at radius 1 is 0.658 bits per heavy atom. The Bertz CT molecular complexity index is 1550. The Morgan fingerprint density at radius 2 is 1.24 bits per heavy atom. The van der Waals surface area contributed by atoms with Gasteiger partial charge in [-0.15, -0.1) is 0 Å². The fraction of sp³-hybridized carbons (Fsp3) is 0.233. The summed E-state index contributed by atoms with van der Waals surface area (Å²) >= 11 is 0. The number of allylic oxidation sites excluding steroid dienone is 3. The first kappa shape index (κ1) is 23.8. The maximum atomic E-state index is 13.5. The molecule has 0 spiro atoms. The average Bonchev–Trinajstić information content (AvgIpc) is 3.15. The van der Waals surface area contributed by atoms with Crippen molar-refractivity contribution >= 4 is 5.78 Å². The molecule has 0 saturated heterocycles. The number of hydrogen-bond acceptors (Lipinski definition) is 8. The molecule has 38 heavy (non-hydrogen) atoms. The molecular weight excluding hydrogens is 488 g/mol. The maximum Gasteiger partial charge on any atom is 0.167 e. The second-order valence-corrected chi connectivity index (χ2v) is 9.98. The quantitative estimate of drug-likeness (QED) is 0.333. The molecule has 3 aromatic carbocycles. The number of rotatable bonds is 4. The largest absolute Gasteiger partial charge is 0.508 e. The van der Waals surface area contributed by atoms with Crippen LogP contribution in [-0.2, 0) is 4.79 Å². The maximum absolute atomic E-state index is 13.5. The van der Waals surface area contributed by atoms with Gasteiger partial charge in [-0.05, 0) is 58.7 Å². The van der Waals surface area contributed by atoms with E-state index in [1.807, 2.05) is 0 Å². The number of hydrogen-bond donors (Lipinski definition) is 5. The zero-order valence-corrected chi connectivity index (χ0v) is 20.6. The highest BCUT2D eigenvalue weighted by atomic mass is 16.5. The Hall–Kier alpha value is -4.59. The van der Waals surface area contributed by atoms with Gasteiger partial charge in [0.05, 0.1) is 20.1 Å². The number of methoxy groups -OCH3 is 2. The summed E-state index contributed by atoms with van der Waals surface area (Å²) in [6.45, 7) is 0. The van der Waals surface area contributed by atoms with Gasteiger partial charge in [-0.25, -0.2) is 0 Å². The van der Waals surface area contributed by atoms with Crippen molar-refractivity contribution in [3.05, 3.63) is 94.3 Å². The fourth-order valence-corrected chi connectivity index (χ4v) is 6.81. The summed E-state index contributed by atoms with van der Waals surface area (Å²) in [5, 5.41) is 52.7. The van der Waals surface area contributed by atoms with Gasteiger partial charge in [0.2, 0.25) is 0 Å². The van der Waals surface area contributed by atoms with E-state index in [0.29, 0.717) is 22.3 Å². The van der Waals surface area contributed by atoms with Crippen molar-refractivity contribution in [2.75, 3.05) is 14.2 Å². The number of ether oxygens (including phenoxy) is 2. The van der Waals surface area contributed by atoms with E-state index in [1.54, 1.807) is 36.4 Å². The van der Waals surface area contributed by atoms with Crippen LogP contribution < -0.4 is 9.47 Å². The van der Waals surface area contributed by atoms with Crippen LogP contribution in [0.2, 0.25) is 0 Å². The molecule has 0 radical (unpaired) electrons. The number of aromatic hydroxyl groups is 4. The molecular formula is C30H26O8. The third-order valence-electron chi connectivity index (χ3n) is 8.14. The highest BCUT2D eigenvalue weighted by Gasteiger charge is 2.58. The number of phenolic OH excluding ortho intramolecular Hbond substituents is 4. The number of phenols is 4. The summed E-state index contributed by atoms with van der Waals surface area (Å²) in [5.41, 5.74) is 3.41. The highest BCUT2D eigenvalue weighted by molar-refractivity contribution is 5.98. The molecule has 3 aromatic rings. The zero-order chi connectivity index (χ0) is 26.9. The Labute approximate surface area is 218 Å². The van der Waals surface area contributed by atoms with Crippen LogP contribution in [0.1, 0.15) is 45.9 Å². The number of benzene rings is 3. The molecule has 0 aromatic heterocycles. The first-order valence-electron chi connectivity index (χ1n) is 12.2. The van der Waals surface area contributed by atoms with Gasteiger partial charge >= 0.3 is 0 Å². The minimum Gasteiger partial charge on any atom is -0.508 e. The second-order valence-electron chi connectivity index (χ2n) is 9.98. The molecule has 0 heterocycles. The summed E-state index contributed by atoms with van der Waals surface area (Å²) in [6, 6.07) is 12.9. The lowest BCUT2D eigenvalue weighted by atomic mass is 9.57. The zero-order valence-electron chi connectivity index (χ0n) is 20.6. The monoisotopic (exact) mass is 514 g/mol. The molecule has 6 rings (SSSR count). The molecule has 3 aliphatic rings. The van der Waals surface area contributed by atoms with Gasteiger partial charge in [0, 0.05) is 41.4 Å². The minimum atomic E-state index is -0.667. The lowest BCUT2D eigenvalue weighted by Gasteiger charge is -2.45. The summed E-state index contributed by atoms with van der Waals surface area (Å²) in [4.78, 5) is 13.5. The molecule has 1 fully saturated rings. The fourth-order valence-electron chi connectivity index (χ4n) is 6.81. The summed E-state index contributed by atoms with van der Waals surface area (Å²) in [7, 11) is 2.90. The molecule has 194 valence electrons. The number of aliphatic hydroxyl groups excluding tert-OH is 1. The van der Waals surface area contributed by atoms with Gasteiger partial charge < -0.3 is 35.0 Å². The number of fused-ring (bicyclic) bond motifs is 7. The van der Waals surface area contributed by atoms with E-state index in [0.717, 1.165) is 5.56 Å². The van der Waals surface area contributed by atoms with Crippen molar-refractivity contribution in [1.82, 2.24) is 0 Å². The molecule has 1 saturated carbocycles. The van der Waals surface area contributed by atoms with Crippen LogP contribution >= 0.6 is 0 Å². The SMILES string of the molecule is COc1cc(C2C3C(=O)C=C(O)C=C3C3c4c(O)cc(O)cc4C2C3c2ccc(O)c(OC)c2)ccc1O. The second kappa shape index (κ2) is 8.48. The molecule has 5 atom stereocenters. The van der Waals surface area contributed by atoms with Crippen LogP contribution in [-0.4, -0.2) is 45.5 Å². The average molecular weight is 515 g/mol. The van der Waals surface area contributed by atoms with E-state index in [4.69, 9.17) is 9.47 Å². The molecule has 8 heteroatoms. The first-order chi connectivity index (χ1) is 18.2. The Balaban J connectivity index is 1.68. The molecule has 8 nitrogen and oxygen atoms in total.